The second kappa shape index (κ2) is 13.4. The van der Waals surface area contributed by atoms with Crippen LogP contribution in [0.1, 0.15) is 59.2 Å². The molecule has 1 unspecified atom stereocenters. The molecule has 0 saturated carbocycles. The molecule has 1 atom stereocenters. The lowest BCUT2D eigenvalue weighted by atomic mass is 10.0. The molecule has 6 N–H and O–H groups in total. The topological polar surface area (TPSA) is 180 Å². The summed E-state index contributed by atoms with van der Waals surface area (Å²) in [5.41, 5.74) is 7.76. The molecular formula is C29H32N6O6. The number of hydrogen-bond donors (Lipinski definition) is 5. The zero-order chi connectivity index (χ0) is 29.4. The van der Waals surface area contributed by atoms with Gasteiger partial charge in [0.1, 0.15) is 6.04 Å². The number of carbonyl (C=O) groups is 6. The molecule has 4 rings (SSSR count). The lowest BCUT2D eigenvalue weighted by Gasteiger charge is -2.27. The molecule has 2 aliphatic rings. The minimum atomic E-state index is -1.00. The van der Waals surface area contributed by atoms with Crippen LogP contribution >= 0.6 is 0 Å². The van der Waals surface area contributed by atoms with E-state index in [9.17, 15) is 28.8 Å². The van der Waals surface area contributed by atoms with Crippen LogP contribution in [0, 0.1) is 0 Å². The number of amides is 6. The molecule has 2 aromatic rings. The summed E-state index contributed by atoms with van der Waals surface area (Å²) in [6.07, 6.45) is 5.80. The number of nitrogens with one attached hydrogen (secondary N) is 4. The number of nitrogens with two attached hydrogens (primary N) is 1. The van der Waals surface area contributed by atoms with E-state index in [4.69, 9.17) is 5.73 Å². The van der Waals surface area contributed by atoms with Crippen LogP contribution in [-0.2, 0) is 19.2 Å². The van der Waals surface area contributed by atoms with E-state index < -0.39 is 35.6 Å². The van der Waals surface area contributed by atoms with Crippen molar-refractivity contribution in [2.24, 2.45) is 0 Å². The van der Waals surface area contributed by atoms with E-state index in [-0.39, 0.29) is 29.9 Å². The number of imide groups is 2. The highest BCUT2D eigenvalue weighted by Crippen LogP contribution is 2.32. The first kappa shape index (κ1) is 29.0. The summed E-state index contributed by atoms with van der Waals surface area (Å²) >= 11 is 0. The highest BCUT2D eigenvalue weighted by Gasteiger charge is 2.45. The second-order valence-corrected chi connectivity index (χ2v) is 9.75. The number of carbonyl (C=O) groups excluding carboxylic acids is 6. The highest BCUT2D eigenvalue weighted by molar-refractivity contribution is 6.25. The zero-order valence-electron chi connectivity index (χ0n) is 22.4. The minimum absolute atomic E-state index is 0.0672. The van der Waals surface area contributed by atoms with E-state index in [1.165, 1.54) is 12.2 Å². The lowest BCUT2D eigenvalue weighted by molar-refractivity contribution is -0.136. The van der Waals surface area contributed by atoms with Crippen LogP contribution in [0.2, 0.25) is 0 Å². The van der Waals surface area contributed by atoms with E-state index in [0.29, 0.717) is 30.2 Å². The van der Waals surface area contributed by atoms with Gasteiger partial charge in [-0.05, 0) is 55.7 Å². The number of benzene rings is 2. The maximum Gasteiger partial charge on any atom is 0.264 e. The molecule has 0 radical (unpaired) electrons. The van der Waals surface area contributed by atoms with Gasteiger partial charge >= 0.3 is 0 Å². The number of anilines is 3. The van der Waals surface area contributed by atoms with Gasteiger partial charge in [0.05, 0.1) is 11.1 Å². The average molecular weight is 561 g/mol. The molecule has 12 nitrogen and oxygen atoms in total. The molecule has 2 heterocycles. The summed E-state index contributed by atoms with van der Waals surface area (Å²) in [7, 11) is 0. The van der Waals surface area contributed by atoms with Gasteiger partial charge in [-0.2, -0.15) is 0 Å². The van der Waals surface area contributed by atoms with Crippen molar-refractivity contribution in [3.8, 4) is 0 Å². The van der Waals surface area contributed by atoms with Crippen LogP contribution in [0.15, 0.2) is 54.6 Å². The Bertz CT molecular complexity index is 1390. The van der Waals surface area contributed by atoms with Gasteiger partial charge in [-0.3, -0.25) is 39.0 Å². The van der Waals surface area contributed by atoms with Crippen molar-refractivity contribution in [3.05, 3.63) is 65.7 Å². The molecule has 1 saturated heterocycles. The molecule has 6 amide bonds. The number of piperidine rings is 1. The molecular weight excluding hydrogens is 528 g/mol. The van der Waals surface area contributed by atoms with Gasteiger partial charge in [0, 0.05) is 48.7 Å². The van der Waals surface area contributed by atoms with Gasteiger partial charge in [-0.1, -0.05) is 18.9 Å². The molecule has 2 aromatic carbocycles. The number of fused-ring (bicyclic) bond motifs is 1. The van der Waals surface area contributed by atoms with Gasteiger partial charge in [-0.15, -0.1) is 0 Å². The third-order valence-corrected chi connectivity index (χ3v) is 6.75. The van der Waals surface area contributed by atoms with Crippen LogP contribution in [0.25, 0.3) is 0 Å². The van der Waals surface area contributed by atoms with E-state index in [1.807, 2.05) is 0 Å². The van der Waals surface area contributed by atoms with Gasteiger partial charge in [-0.25, -0.2) is 0 Å². The molecule has 0 aliphatic carbocycles. The maximum absolute atomic E-state index is 13.1. The molecule has 0 aromatic heterocycles. The summed E-state index contributed by atoms with van der Waals surface area (Å²) in [6, 6.07) is 10.6. The molecule has 214 valence electrons. The Hall–Kier alpha value is -5.00. The SMILES string of the molecule is Nc1ccc(NC(=O)/C=C/C(=O)NCCCCCCNc2cccc3c2C(=O)N(C2CCC(=O)NC2=O)C3=O)cc1. The molecule has 0 spiro atoms. The van der Waals surface area contributed by atoms with E-state index in [2.05, 4.69) is 21.3 Å². The Labute approximate surface area is 236 Å². The highest BCUT2D eigenvalue weighted by atomic mass is 16.2. The third kappa shape index (κ3) is 7.35. The lowest BCUT2D eigenvalue weighted by Crippen LogP contribution is -2.54. The van der Waals surface area contributed by atoms with Gasteiger partial charge < -0.3 is 21.7 Å². The molecule has 12 heteroatoms. The molecule has 41 heavy (non-hydrogen) atoms. The largest absolute Gasteiger partial charge is 0.399 e. The van der Waals surface area contributed by atoms with Crippen LogP contribution in [0.5, 0.6) is 0 Å². The fraction of sp³-hybridized carbons (Fsp3) is 0.310. The maximum atomic E-state index is 13.1. The first-order valence-corrected chi connectivity index (χ1v) is 13.5. The first-order valence-electron chi connectivity index (χ1n) is 13.5. The van der Waals surface area contributed by atoms with Crippen molar-refractivity contribution in [2.45, 2.75) is 44.6 Å². The van der Waals surface area contributed by atoms with Crippen LogP contribution in [0.4, 0.5) is 17.1 Å². The van der Waals surface area contributed by atoms with E-state index in [0.717, 1.165) is 30.6 Å². The Morgan fingerprint density at radius 1 is 0.902 bits per heavy atom. The summed E-state index contributed by atoms with van der Waals surface area (Å²) in [4.78, 5) is 74.6. The number of rotatable bonds is 12. The van der Waals surface area contributed by atoms with Crippen molar-refractivity contribution < 1.29 is 28.8 Å². The number of unbranched alkanes of at least 4 members (excludes halogenated alkanes) is 3. The van der Waals surface area contributed by atoms with Gasteiger partial charge in [0.15, 0.2) is 0 Å². The van der Waals surface area contributed by atoms with Crippen molar-refractivity contribution in [1.82, 2.24) is 15.5 Å². The summed E-state index contributed by atoms with van der Waals surface area (Å²) in [5.74, 6) is -2.92. The molecule has 0 bridgehead atoms. The zero-order valence-corrected chi connectivity index (χ0v) is 22.4. The van der Waals surface area contributed by atoms with E-state index >= 15 is 0 Å². The smallest absolute Gasteiger partial charge is 0.264 e. The van der Waals surface area contributed by atoms with E-state index in [1.54, 1.807) is 42.5 Å². The summed E-state index contributed by atoms with van der Waals surface area (Å²) in [6.45, 7) is 1.03. The number of nitrogens with zero attached hydrogens (tertiary/aromatic N) is 1. The van der Waals surface area contributed by atoms with Crippen molar-refractivity contribution >= 4 is 52.5 Å². The Kier molecular flexibility index (Phi) is 9.46. The van der Waals surface area contributed by atoms with Gasteiger partial charge in [0.25, 0.3) is 11.8 Å². The van der Waals surface area contributed by atoms with Crippen molar-refractivity contribution in [3.63, 3.8) is 0 Å². The monoisotopic (exact) mass is 560 g/mol. The first-order chi connectivity index (χ1) is 19.7. The number of hydrogen-bond acceptors (Lipinski definition) is 8. The number of nitrogen functional groups attached to an aromatic ring is 1. The van der Waals surface area contributed by atoms with Crippen LogP contribution < -0.4 is 27.0 Å². The van der Waals surface area contributed by atoms with Gasteiger partial charge in [0.2, 0.25) is 23.6 Å². The third-order valence-electron chi connectivity index (χ3n) is 6.75. The fourth-order valence-electron chi connectivity index (χ4n) is 4.66. The Balaban J connectivity index is 1.14. The standard InChI is InChI=1S/C29H32N6O6/c30-18-8-10-19(11-9-18)33-24(37)15-14-23(36)32-17-4-2-1-3-16-31-21-7-5-6-20-26(21)29(41)35(28(20)40)22-12-13-25(38)34-27(22)39/h5-11,14-15,22,31H,1-4,12-13,16-17,30H2,(H,32,36)(H,33,37)(H,34,38,39)/b15-14+. The predicted molar refractivity (Wildman–Crippen MR) is 152 cm³/mol. The van der Waals surface area contributed by atoms with Crippen molar-refractivity contribution in [2.75, 3.05) is 29.5 Å². The average Bonchev–Trinajstić information content (AvgIpc) is 3.20. The second-order valence-electron chi connectivity index (χ2n) is 9.75. The summed E-state index contributed by atoms with van der Waals surface area (Å²) in [5, 5.41) is 10.8. The van der Waals surface area contributed by atoms with Crippen LogP contribution in [-0.4, -0.2) is 59.5 Å². The van der Waals surface area contributed by atoms with Crippen LogP contribution in [0.3, 0.4) is 0 Å². The normalized spacial score (nSPS) is 16.5. The minimum Gasteiger partial charge on any atom is -0.399 e. The Morgan fingerprint density at radius 2 is 1.61 bits per heavy atom. The van der Waals surface area contributed by atoms with Crippen molar-refractivity contribution in [1.29, 1.82) is 0 Å². The predicted octanol–water partition coefficient (Wildman–Crippen LogP) is 1.95. The summed E-state index contributed by atoms with van der Waals surface area (Å²) < 4.78 is 0. The quantitative estimate of drug-likeness (QED) is 0.113. The molecule has 1 fully saturated rings. The Morgan fingerprint density at radius 3 is 2.34 bits per heavy atom. The fourth-order valence-corrected chi connectivity index (χ4v) is 4.66. The molecule has 2 aliphatic heterocycles.